The van der Waals surface area contributed by atoms with Crippen molar-refractivity contribution in [3.63, 3.8) is 0 Å². The highest BCUT2D eigenvalue weighted by atomic mass is 19.1. The molecule has 0 saturated carbocycles. The lowest BCUT2D eigenvalue weighted by molar-refractivity contribution is 0.0396. The maximum absolute atomic E-state index is 13.6. The molecule has 1 aliphatic rings. The van der Waals surface area contributed by atoms with Gasteiger partial charge in [-0.05, 0) is 68.8 Å². The number of aliphatic hydroxyl groups excluding tert-OH is 1. The van der Waals surface area contributed by atoms with E-state index in [1.54, 1.807) is 49.5 Å². The van der Waals surface area contributed by atoms with E-state index in [-0.39, 0.29) is 37.7 Å². The van der Waals surface area contributed by atoms with Crippen LogP contribution in [-0.4, -0.2) is 46.3 Å². The topological polar surface area (TPSA) is 102 Å². The highest BCUT2D eigenvalue weighted by Gasteiger charge is 2.40. The van der Waals surface area contributed by atoms with Crippen molar-refractivity contribution in [3.05, 3.63) is 83.4 Å². The number of fused-ring (bicyclic) bond motifs is 2. The van der Waals surface area contributed by atoms with Crippen LogP contribution in [0.4, 0.5) is 4.39 Å². The third-order valence-corrected chi connectivity index (χ3v) is 7.23. The van der Waals surface area contributed by atoms with Crippen LogP contribution in [0.1, 0.15) is 48.3 Å². The fraction of sp³-hybridized carbons (Fsp3) is 0.300. The SMILES string of the molecule is COc1cc(C(=O)CCC(C)(O)c2cc3c(c(-c4ccc(F)cc4)n2)OC[C@]3(C)CO)cc2cccnc12. The van der Waals surface area contributed by atoms with Crippen LogP contribution in [-0.2, 0) is 11.0 Å². The van der Waals surface area contributed by atoms with Crippen LogP contribution in [0.2, 0.25) is 0 Å². The third-order valence-electron chi connectivity index (χ3n) is 7.23. The minimum Gasteiger partial charge on any atom is -0.494 e. The minimum atomic E-state index is -1.47. The number of hydrogen-bond acceptors (Lipinski definition) is 7. The van der Waals surface area contributed by atoms with Crippen molar-refractivity contribution in [2.24, 2.45) is 0 Å². The number of rotatable bonds is 8. The molecule has 4 aromatic rings. The quantitative estimate of drug-likeness (QED) is 0.319. The van der Waals surface area contributed by atoms with Gasteiger partial charge in [-0.15, -0.1) is 0 Å². The molecule has 0 radical (unpaired) electrons. The van der Waals surface area contributed by atoms with Gasteiger partial charge in [-0.1, -0.05) is 6.07 Å². The Morgan fingerprint density at radius 2 is 1.97 bits per heavy atom. The van der Waals surface area contributed by atoms with E-state index < -0.39 is 11.0 Å². The van der Waals surface area contributed by atoms with Crippen molar-refractivity contribution in [3.8, 4) is 22.8 Å². The van der Waals surface area contributed by atoms with Crippen LogP contribution < -0.4 is 9.47 Å². The first-order chi connectivity index (χ1) is 18.1. The first kappa shape index (κ1) is 25.8. The van der Waals surface area contributed by atoms with Crippen LogP contribution in [0, 0.1) is 5.82 Å². The molecule has 0 amide bonds. The predicted octanol–water partition coefficient (Wildman–Crippen LogP) is 4.96. The monoisotopic (exact) mass is 516 g/mol. The number of methoxy groups -OCH3 is 1. The lowest BCUT2D eigenvalue weighted by atomic mass is 9.82. The zero-order chi connectivity index (χ0) is 27.1. The van der Waals surface area contributed by atoms with Crippen molar-refractivity contribution in [1.82, 2.24) is 9.97 Å². The maximum atomic E-state index is 13.6. The molecule has 5 rings (SSSR count). The van der Waals surface area contributed by atoms with Gasteiger partial charge in [0.05, 0.1) is 24.8 Å². The predicted molar refractivity (Wildman–Crippen MR) is 141 cm³/mol. The molecule has 1 aliphatic heterocycles. The number of ether oxygens (including phenoxy) is 2. The number of benzene rings is 2. The Hall–Kier alpha value is -3.88. The number of pyridine rings is 2. The van der Waals surface area contributed by atoms with E-state index in [2.05, 4.69) is 4.98 Å². The van der Waals surface area contributed by atoms with Crippen molar-refractivity contribution in [2.45, 2.75) is 37.7 Å². The Labute approximate surface area is 219 Å². The van der Waals surface area contributed by atoms with E-state index in [9.17, 15) is 19.4 Å². The molecular weight excluding hydrogens is 487 g/mol. The average molecular weight is 517 g/mol. The Morgan fingerprint density at radius 3 is 2.68 bits per heavy atom. The van der Waals surface area contributed by atoms with E-state index in [0.717, 1.165) is 5.39 Å². The number of carbonyl (C=O) groups excluding carboxylic acids is 1. The van der Waals surface area contributed by atoms with E-state index in [4.69, 9.17) is 14.5 Å². The second kappa shape index (κ2) is 9.78. The van der Waals surface area contributed by atoms with Gasteiger partial charge in [0.15, 0.2) is 5.78 Å². The summed E-state index contributed by atoms with van der Waals surface area (Å²) >= 11 is 0. The number of nitrogens with zero attached hydrogens (tertiary/aromatic N) is 2. The summed E-state index contributed by atoms with van der Waals surface area (Å²) in [5, 5.41) is 22.4. The van der Waals surface area contributed by atoms with E-state index in [0.29, 0.717) is 45.1 Å². The van der Waals surface area contributed by atoms with Crippen molar-refractivity contribution in [2.75, 3.05) is 20.3 Å². The summed E-state index contributed by atoms with van der Waals surface area (Å²) in [5.41, 5.74) is 1.10. The molecule has 38 heavy (non-hydrogen) atoms. The fourth-order valence-electron chi connectivity index (χ4n) is 4.75. The Morgan fingerprint density at radius 1 is 1.21 bits per heavy atom. The molecule has 2 aromatic carbocycles. The smallest absolute Gasteiger partial charge is 0.163 e. The number of carbonyl (C=O) groups is 1. The molecule has 8 heteroatoms. The molecule has 2 N–H and O–H groups in total. The third kappa shape index (κ3) is 4.61. The second-order valence-corrected chi connectivity index (χ2v) is 10.2. The van der Waals surface area contributed by atoms with Gasteiger partial charge >= 0.3 is 0 Å². The second-order valence-electron chi connectivity index (χ2n) is 10.2. The summed E-state index contributed by atoms with van der Waals surface area (Å²) in [6.45, 7) is 3.57. The molecule has 0 aliphatic carbocycles. The normalized spacial score (nSPS) is 18.1. The number of aliphatic hydroxyl groups is 2. The number of Topliss-reactive ketones (excluding diaryl/α,β-unsaturated/α-hetero) is 1. The van der Waals surface area contributed by atoms with E-state index in [1.165, 1.54) is 19.2 Å². The summed E-state index contributed by atoms with van der Waals surface area (Å²) in [6, 6.07) is 14.7. The van der Waals surface area contributed by atoms with Crippen molar-refractivity contribution >= 4 is 16.7 Å². The fourth-order valence-corrected chi connectivity index (χ4v) is 4.75. The van der Waals surface area contributed by atoms with Crippen LogP contribution in [0.25, 0.3) is 22.2 Å². The molecule has 0 fully saturated rings. The highest BCUT2D eigenvalue weighted by Crippen LogP contribution is 2.45. The zero-order valence-electron chi connectivity index (χ0n) is 21.5. The van der Waals surface area contributed by atoms with Crippen molar-refractivity contribution < 1.29 is 28.9 Å². The van der Waals surface area contributed by atoms with Gasteiger partial charge in [0.1, 0.15) is 40.7 Å². The Kier molecular flexibility index (Phi) is 6.63. The molecule has 0 bridgehead atoms. The van der Waals surface area contributed by atoms with Crippen molar-refractivity contribution in [1.29, 1.82) is 0 Å². The molecule has 196 valence electrons. The summed E-state index contributed by atoms with van der Waals surface area (Å²) in [4.78, 5) is 22.2. The highest BCUT2D eigenvalue weighted by molar-refractivity contribution is 6.01. The minimum absolute atomic E-state index is 0.0559. The van der Waals surface area contributed by atoms with Gasteiger partial charge < -0.3 is 19.7 Å². The van der Waals surface area contributed by atoms with Crippen LogP contribution in [0.5, 0.6) is 11.5 Å². The van der Waals surface area contributed by atoms with E-state index in [1.807, 2.05) is 13.0 Å². The van der Waals surface area contributed by atoms with Gasteiger partial charge in [0.2, 0.25) is 0 Å². The van der Waals surface area contributed by atoms with E-state index >= 15 is 0 Å². The maximum Gasteiger partial charge on any atom is 0.163 e. The molecule has 0 spiro atoms. The first-order valence-corrected chi connectivity index (χ1v) is 12.4. The van der Waals surface area contributed by atoms with Gasteiger partial charge in [-0.2, -0.15) is 0 Å². The molecule has 7 nitrogen and oxygen atoms in total. The molecule has 2 atom stereocenters. The Balaban J connectivity index is 1.47. The standard InChI is InChI=1S/C30H29FN2O5/c1-29(16-34)17-38-28-22(29)15-25(33-27(28)18-6-8-21(31)9-7-18)30(2,36)11-10-23(35)20-13-19-5-4-12-32-26(19)24(14-20)37-3/h4-9,12-15,34,36H,10-11,16-17H2,1-3H3/t29-,30?/m0/s1. The van der Waals surface area contributed by atoms with Gasteiger partial charge in [0.25, 0.3) is 0 Å². The number of aromatic nitrogens is 2. The summed E-state index contributed by atoms with van der Waals surface area (Å²) in [5.74, 6) is 0.471. The zero-order valence-corrected chi connectivity index (χ0v) is 21.5. The molecule has 2 aromatic heterocycles. The Bertz CT molecular complexity index is 1520. The van der Waals surface area contributed by atoms with Gasteiger partial charge in [0, 0.05) is 34.7 Å². The number of hydrogen-bond donors (Lipinski definition) is 2. The van der Waals surface area contributed by atoms with Crippen LogP contribution in [0.15, 0.2) is 60.8 Å². The molecule has 3 heterocycles. The number of ketones is 1. The lowest BCUT2D eigenvalue weighted by Gasteiger charge is -2.26. The van der Waals surface area contributed by atoms with Gasteiger partial charge in [-0.25, -0.2) is 9.37 Å². The van der Waals surface area contributed by atoms with Crippen LogP contribution in [0.3, 0.4) is 0 Å². The average Bonchev–Trinajstić information content (AvgIpc) is 3.28. The van der Waals surface area contributed by atoms with Crippen LogP contribution >= 0.6 is 0 Å². The molecular formula is C30H29FN2O5. The number of halogens is 1. The molecule has 1 unspecified atom stereocenters. The lowest BCUT2D eigenvalue weighted by Crippen LogP contribution is -2.29. The summed E-state index contributed by atoms with van der Waals surface area (Å²) in [6.07, 6.45) is 1.82. The summed E-state index contributed by atoms with van der Waals surface area (Å²) in [7, 11) is 1.53. The first-order valence-electron chi connectivity index (χ1n) is 12.4. The van der Waals surface area contributed by atoms with Gasteiger partial charge in [-0.3, -0.25) is 9.78 Å². The summed E-state index contributed by atoms with van der Waals surface area (Å²) < 4.78 is 25.0. The largest absolute Gasteiger partial charge is 0.494 e. The molecule has 0 saturated heterocycles.